The number of benzene rings is 1. The Morgan fingerprint density at radius 2 is 2.00 bits per heavy atom. The maximum atomic E-state index is 12.1. The van der Waals surface area contributed by atoms with Crippen molar-refractivity contribution in [1.29, 1.82) is 0 Å². The van der Waals surface area contributed by atoms with Gasteiger partial charge in [-0.05, 0) is 35.0 Å². The fraction of sp³-hybridized carbons (Fsp3) is 0.222. The summed E-state index contributed by atoms with van der Waals surface area (Å²) >= 11 is 8.52. The molecule has 0 spiro atoms. The number of hydrogen-bond acceptors (Lipinski definition) is 2. The first-order valence-electron chi connectivity index (χ1n) is 3.97. The molecule has 1 aromatic rings. The van der Waals surface area contributed by atoms with E-state index in [1.807, 2.05) is 0 Å². The van der Waals surface area contributed by atoms with Gasteiger partial charge in [-0.25, -0.2) is 0 Å². The molecule has 0 saturated heterocycles. The van der Waals surface area contributed by atoms with Gasteiger partial charge in [0.15, 0.2) is 11.5 Å². The maximum Gasteiger partial charge on any atom is 0.573 e. The zero-order valence-electron chi connectivity index (χ0n) is 7.86. The molecule has 1 rings (SSSR count). The molecule has 0 aliphatic carbocycles. The average molecular weight is 317 g/mol. The number of ketones is 1. The first kappa shape index (κ1) is 13.3. The van der Waals surface area contributed by atoms with E-state index in [1.54, 1.807) is 0 Å². The Labute approximate surface area is 102 Å². The van der Waals surface area contributed by atoms with Crippen LogP contribution in [-0.2, 0) is 0 Å². The molecule has 2 nitrogen and oxygen atoms in total. The van der Waals surface area contributed by atoms with Gasteiger partial charge in [-0.15, -0.1) is 13.2 Å². The molecule has 0 unspecified atom stereocenters. The monoisotopic (exact) mass is 316 g/mol. The van der Waals surface area contributed by atoms with Crippen LogP contribution in [0.3, 0.4) is 0 Å². The SMILES string of the molecule is CC(=O)c1c(Br)ccc(Cl)c1OC(F)(F)F. The van der Waals surface area contributed by atoms with Crippen LogP contribution < -0.4 is 4.74 Å². The number of halogens is 5. The highest BCUT2D eigenvalue weighted by Crippen LogP contribution is 2.37. The van der Waals surface area contributed by atoms with E-state index in [4.69, 9.17) is 11.6 Å². The molecule has 0 aromatic heterocycles. The van der Waals surface area contributed by atoms with Crippen molar-refractivity contribution in [3.8, 4) is 5.75 Å². The molecule has 0 fully saturated rings. The number of rotatable bonds is 2. The van der Waals surface area contributed by atoms with Gasteiger partial charge in [0.25, 0.3) is 0 Å². The molecule has 0 atom stereocenters. The van der Waals surface area contributed by atoms with Gasteiger partial charge in [-0.3, -0.25) is 4.79 Å². The van der Waals surface area contributed by atoms with E-state index in [2.05, 4.69) is 20.7 Å². The standard InChI is InChI=1S/C9H5BrClF3O2/c1-4(15)7-5(10)2-3-6(11)8(7)16-9(12,13)14/h2-3H,1H3. The van der Waals surface area contributed by atoms with E-state index in [1.165, 1.54) is 12.1 Å². The van der Waals surface area contributed by atoms with Crippen molar-refractivity contribution in [3.05, 3.63) is 27.2 Å². The number of carbonyl (C=O) groups is 1. The van der Waals surface area contributed by atoms with Crippen molar-refractivity contribution in [2.24, 2.45) is 0 Å². The zero-order chi connectivity index (χ0) is 12.5. The minimum absolute atomic E-state index is 0.198. The van der Waals surface area contributed by atoms with Crippen molar-refractivity contribution >= 4 is 33.3 Å². The summed E-state index contributed by atoms with van der Waals surface area (Å²) in [6.07, 6.45) is -4.89. The third kappa shape index (κ3) is 3.12. The van der Waals surface area contributed by atoms with Crippen LogP contribution in [0.25, 0.3) is 0 Å². The van der Waals surface area contributed by atoms with Crippen molar-refractivity contribution < 1.29 is 22.7 Å². The minimum Gasteiger partial charge on any atom is -0.403 e. The number of carbonyl (C=O) groups excluding carboxylic acids is 1. The van der Waals surface area contributed by atoms with Gasteiger partial charge in [0, 0.05) is 4.47 Å². The Bertz CT molecular complexity index is 431. The highest BCUT2D eigenvalue weighted by molar-refractivity contribution is 9.10. The Kier molecular flexibility index (Phi) is 3.85. The topological polar surface area (TPSA) is 26.3 Å². The highest BCUT2D eigenvalue weighted by Gasteiger charge is 2.34. The van der Waals surface area contributed by atoms with Gasteiger partial charge in [0.2, 0.25) is 0 Å². The smallest absolute Gasteiger partial charge is 0.403 e. The molecule has 0 radical (unpaired) electrons. The van der Waals surface area contributed by atoms with E-state index in [0.717, 1.165) is 6.92 Å². The Morgan fingerprint density at radius 1 is 1.44 bits per heavy atom. The third-order valence-corrected chi connectivity index (χ3v) is 2.59. The molecule has 16 heavy (non-hydrogen) atoms. The lowest BCUT2D eigenvalue weighted by atomic mass is 10.1. The molecule has 0 heterocycles. The molecule has 0 saturated carbocycles. The molecular weight excluding hydrogens is 312 g/mol. The zero-order valence-corrected chi connectivity index (χ0v) is 10.2. The van der Waals surface area contributed by atoms with Crippen LogP contribution in [0.2, 0.25) is 5.02 Å². The molecule has 7 heteroatoms. The molecule has 0 amide bonds. The van der Waals surface area contributed by atoms with E-state index in [9.17, 15) is 18.0 Å². The fourth-order valence-electron chi connectivity index (χ4n) is 1.08. The van der Waals surface area contributed by atoms with E-state index in [0.29, 0.717) is 0 Å². The predicted molar refractivity (Wildman–Crippen MR) is 55.8 cm³/mol. The van der Waals surface area contributed by atoms with E-state index in [-0.39, 0.29) is 15.1 Å². The summed E-state index contributed by atoms with van der Waals surface area (Å²) in [7, 11) is 0. The van der Waals surface area contributed by atoms with Crippen molar-refractivity contribution in [3.63, 3.8) is 0 Å². The number of ether oxygens (including phenoxy) is 1. The quantitative estimate of drug-likeness (QED) is 0.764. The lowest BCUT2D eigenvalue weighted by molar-refractivity contribution is -0.274. The molecule has 1 aromatic carbocycles. The van der Waals surface area contributed by atoms with E-state index < -0.39 is 17.9 Å². The summed E-state index contributed by atoms with van der Waals surface area (Å²) in [4.78, 5) is 11.2. The van der Waals surface area contributed by atoms with Crippen molar-refractivity contribution in [2.45, 2.75) is 13.3 Å². The average Bonchev–Trinajstić information content (AvgIpc) is 2.08. The Balaban J connectivity index is 3.35. The van der Waals surface area contributed by atoms with Gasteiger partial charge in [0.05, 0.1) is 10.6 Å². The predicted octanol–water partition coefficient (Wildman–Crippen LogP) is 4.20. The van der Waals surface area contributed by atoms with Crippen LogP contribution in [0.15, 0.2) is 16.6 Å². The second kappa shape index (κ2) is 4.63. The molecular formula is C9H5BrClF3O2. The summed E-state index contributed by atoms with van der Waals surface area (Å²) in [6.45, 7) is 1.12. The van der Waals surface area contributed by atoms with Gasteiger partial charge < -0.3 is 4.74 Å². The van der Waals surface area contributed by atoms with Crippen LogP contribution in [0, 0.1) is 0 Å². The van der Waals surface area contributed by atoms with Gasteiger partial charge >= 0.3 is 6.36 Å². The number of Topliss-reactive ketones (excluding diaryl/α,β-unsaturated/α-hetero) is 1. The number of alkyl halides is 3. The summed E-state index contributed by atoms with van der Waals surface area (Å²) < 4.78 is 40.2. The summed E-state index contributed by atoms with van der Waals surface area (Å²) in [5, 5.41) is -0.272. The molecule has 0 N–H and O–H groups in total. The molecule has 0 aliphatic rings. The lowest BCUT2D eigenvalue weighted by Gasteiger charge is -2.14. The Hall–Kier alpha value is -0.750. The van der Waals surface area contributed by atoms with Crippen LogP contribution in [-0.4, -0.2) is 12.1 Å². The van der Waals surface area contributed by atoms with Gasteiger partial charge in [0.1, 0.15) is 0 Å². The summed E-state index contributed by atoms with van der Waals surface area (Å²) in [5.74, 6) is -1.26. The first-order valence-corrected chi connectivity index (χ1v) is 5.14. The summed E-state index contributed by atoms with van der Waals surface area (Å²) in [5.41, 5.74) is -0.232. The van der Waals surface area contributed by atoms with E-state index >= 15 is 0 Å². The fourth-order valence-corrected chi connectivity index (χ4v) is 1.86. The largest absolute Gasteiger partial charge is 0.573 e. The van der Waals surface area contributed by atoms with Crippen molar-refractivity contribution in [1.82, 2.24) is 0 Å². The highest BCUT2D eigenvalue weighted by atomic mass is 79.9. The maximum absolute atomic E-state index is 12.1. The van der Waals surface area contributed by atoms with Gasteiger partial charge in [-0.2, -0.15) is 0 Å². The lowest BCUT2D eigenvalue weighted by Crippen LogP contribution is -2.19. The second-order valence-corrected chi connectivity index (χ2v) is 4.10. The van der Waals surface area contributed by atoms with Crippen molar-refractivity contribution in [2.75, 3.05) is 0 Å². The van der Waals surface area contributed by atoms with Crippen LogP contribution in [0.5, 0.6) is 5.75 Å². The Morgan fingerprint density at radius 3 is 2.44 bits per heavy atom. The van der Waals surface area contributed by atoms with Crippen LogP contribution >= 0.6 is 27.5 Å². The summed E-state index contributed by atoms with van der Waals surface area (Å²) in [6, 6.07) is 2.58. The molecule has 0 aliphatic heterocycles. The molecule has 0 bridgehead atoms. The number of hydrogen-bond donors (Lipinski definition) is 0. The van der Waals surface area contributed by atoms with Crippen LogP contribution in [0.1, 0.15) is 17.3 Å². The second-order valence-electron chi connectivity index (χ2n) is 2.84. The normalized spacial score (nSPS) is 11.4. The van der Waals surface area contributed by atoms with Crippen LogP contribution in [0.4, 0.5) is 13.2 Å². The van der Waals surface area contributed by atoms with Gasteiger partial charge in [-0.1, -0.05) is 11.6 Å². The first-order chi connectivity index (χ1) is 7.22. The minimum atomic E-state index is -4.89. The molecule has 88 valence electrons. The third-order valence-electron chi connectivity index (χ3n) is 1.63.